The third-order valence-electron chi connectivity index (χ3n) is 7.16. The molecule has 3 N–H and O–H groups in total. The van der Waals surface area contributed by atoms with Crippen LogP contribution in [0.4, 0.5) is 15.9 Å². The van der Waals surface area contributed by atoms with Gasteiger partial charge in [-0.2, -0.15) is 0 Å². The van der Waals surface area contributed by atoms with Gasteiger partial charge in [0.1, 0.15) is 23.6 Å². The van der Waals surface area contributed by atoms with E-state index in [0.717, 1.165) is 27.5 Å². The summed E-state index contributed by atoms with van der Waals surface area (Å²) in [6.45, 7) is 2.34. The van der Waals surface area contributed by atoms with Gasteiger partial charge >= 0.3 is 11.7 Å². The first-order chi connectivity index (χ1) is 19.5. The van der Waals surface area contributed by atoms with Gasteiger partial charge in [-0.25, -0.2) is 13.8 Å². The molecule has 0 bridgehead atoms. The van der Waals surface area contributed by atoms with Gasteiger partial charge < -0.3 is 15.7 Å². The average molecular weight is 562 g/mol. The minimum atomic E-state index is -1.44. The van der Waals surface area contributed by atoms with Crippen LogP contribution in [0.25, 0.3) is 16.6 Å². The molecule has 2 aromatic heterocycles. The summed E-state index contributed by atoms with van der Waals surface area (Å²) in [5, 5.41) is 15.0. The largest absolute Gasteiger partial charge is 0.480 e. The van der Waals surface area contributed by atoms with E-state index in [0.29, 0.717) is 11.0 Å². The molecule has 0 unspecified atom stereocenters. The number of hydrogen-bond donors (Lipinski definition) is 3. The van der Waals surface area contributed by atoms with Crippen molar-refractivity contribution in [3.05, 3.63) is 96.2 Å². The summed E-state index contributed by atoms with van der Waals surface area (Å²) in [5.74, 6) is -2.55. The number of rotatable bonds is 8. The summed E-state index contributed by atoms with van der Waals surface area (Å²) in [5.41, 5.74) is -1.52. The number of benzene rings is 2. The second-order valence-electron chi connectivity index (χ2n) is 10.1. The van der Waals surface area contributed by atoms with Gasteiger partial charge in [-0.15, -0.1) is 0 Å². The molecule has 12 heteroatoms. The Bertz CT molecular complexity index is 1920. The fourth-order valence-corrected chi connectivity index (χ4v) is 4.79. The zero-order valence-electron chi connectivity index (χ0n) is 22.7. The van der Waals surface area contributed by atoms with E-state index in [1.54, 1.807) is 18.2 Å². The lowest BCUT2D eigenvalue weighted by molar-refractivity contribution is -0.137. The minimum Gasteiger partial charge on any atom is -0.480 e. The summed E-state index contributed by atoms with van der Waals surface area (Å²) in [7, 11) is 1.38. The lowest BCUT2D eigenvalue weighted by atomic mass is 10.1. The molecule has 1 aliphatic carbocycles. The monoisotopic (exact) mass is 561 g/mol. The molecule has 2 heterocycles. The zero-order chi connectivity index (χ0) is 29.6. The SMILES string of the molecule is CCc1ccc(Nc2c3c(=O)n(CC(=O)O)c(=O)n(-c4cccc(C(=O)NC5CC5)c4)c3c(C)c(=O)n2C)c(F)c1. The van der Waals surface area contributed by atoms with Crippen LogP contribution in [-0.4, -0.2) is 36.7 Å². The number of carbonyl (C=O) groups excluding carboxylic acids is 1. The summed E-state index contributed by atoms with van der Waals surface area (Å²) >= 11 is 0. The normalized spacial score (nSPS) is 12.9. The van der Waals surface area contributed by atoms with Gasteiger partial charge in [-0.05, 0) is 62.1 Å². The van der Waals surface area contributed by atoms with E-state index >= 15 is 4.39 Å². The first-order valence-corrected chi connectivity index (χ1v) is 13.1. The van der Waals surface area contributed by atoms with Gasteiger partial charge in [0.05, 0.1) is 16.9 Å². The molecule has 0 saturated heterocycles. The number of carbonyl (C=O) groups is 2. The molecule has 1 saturated carbocycles. The van der Waals surface area contributed by atoms with Gasteiger partial charge in [-0.1, -0.05) is 19.1 Å². The van der Waals surface area contributed by atoms with Gasteiger partial charge in [0.2, 0.25) is 0 Å². The zero-order valence-corrected chi connectivity index (χ0v) is 22.7. The quantitative estimate of drug-likeness (QED) is 0.300. The Balaban J connectivity index is 1.84. The summed E-state index contributed by atoms with van der Waals surface area (Å²) in [4.78, 5) is 65.3. The van der Waals surface area contributed by atoms with Crippen molar-refractivity contribution in [2.75, 3.05) is 5.32 Å². The van der Waals surface area contributed by atoms with E-state index in [9.17, 15) is 29.1 Å². The first kappa shape index (κ1) is 27.6. The number of amides is 1. The second kappa shape index (κ2) is 10.5. The van der Waals surface area contributed by atoms with Gasteiger partial charge in [0.25, 0.3) is 17.0 Å². The van der Waals surface area contributed by atoms with E-state index in [1.807, 2.05) is 6.92 Å². The number of nitrogens with zero attached hydrogens (tertiary/aromatic N) is 3. The van der Waals surface area contributed by atoms with Crippen molar-refractivity contribution in [2.45, 2.75) is 45.7 Å². The van der Waals surface area contributed by atoms with E-state index in [-0.39, 0.29) is 51.2 Å². The van der Waals surface area contributed by atoms with Crippen molar-refractivity contribution in [3.63, 3.8) is 0 Å². The Labute approximate surface area is 232 Å². The molecule has 41 heavy (non-hydrogen) atoms. The van der Waals surface area contributed by atoms with Crippen LogP contribution in [0.5, 0.6) is 0 Å². The van der Waals surface area contributed by atoms with Crippen LogP contribution in [0, 0.1) is 12.7 Å². The maximum absolute atomic E-state index is 15.0. The second-order valence-corrected chi connectivity index (χ2v) is 10.1. The fourth-order valence-electron chi connectivity index (χ4n) is 4.79. The molecule has 5 rings (SSSR count). The van der Waals surface area contributed by atoms with Crippen molar-refractivity contribution in [3.8, 4) is 5.69 Å². The standard InChI is InChI=1S/C29H28FN5O6/c1-4-16-8-11-21(20(30)12-16)32-25-23-24(15(2)27(39)33(25)3)35(29(41)34(28(23)40)14-22(36)37)19-7-5-6-17(13-19)26(38)31-18-9-10-18/h5-8,11-13,18,32H,4,9-10,14H2,1-3H3,(H,31,38)(H,36,37). The molecule has 0 spiro atoms. The van der Waals surface area contributed by atoms with E-state index in [1.165, 1.54) is 38.2 Å². The molecule has 0 aliphatic heterocycles. The maximum Gasteiger partial charge on any atom is 0.336 e. The van der Waals surface area contributed by atoms with Crippen LogP contribution < -0.4 is 27.4 Å². The molecule has 0 atom stereocenters. The van der Waals surface area contributed by atoms with Gasteiger partial charge in [0, 0.05) is 24.2 Å². The predicted octanol–water partition coefficient (Wildman–Crippen LogP) is 2.58. The minimum absolute atomic E-state index is 0.0250. The molecule has 212 valence electrons. The summed E-state index contributed by atoms with van der Waals surface area (Å²) in [6, 6.07) is 10.6. The smallest absolute Gasteiger partial charge is 0.336 e. The topological polar surface area (TPSA) is 144 Å². The predicted molar refractivity (Wildman–Crippen MR) is 151 cm³/mol. The van der Waals surface area contributed by atoms with E-state index in [2.05, 4.69) is 10.6 Å². The highest BCUT2D eigenvalue weighted by Crippen LogP contribution is 2.27. The number of fused-ring (bicyclic) bond motifs is 1. The van der Waals surface area contributed by atoms with Crippen molar-refractivity contribution < 1.29 is 19.1 Å². The number of halogens is 1. The van der Waals surface area contributed by atoms with Gasteiger partial charge in [0.15, 0.2) is 0 Å². The number of anilines is 2. The molecule has 0 radical (unpaired) electrons. The van der Waals surface area contributed by atoms with Crippen molar-refractivity contribution in [1.82, 2.24) is 19.0 Å². The van der Waals surface area contributed by atoms with Crippen molar-refractivity contribution in [2.24, 2.45) is 7.05 Å². The number of aromatic nitrogens is 3. The number of nitrogens with one attached hydrogen (secondary N) is 2. The Kier molecular flexibility index (Phi) is 7.08. The molecule has 11 nitrogen and oxygen atoms in total. The van der Waals surface area contributed by atoms with E-state index in [4.69, 9.17) is 0 Å². The average Bonchev–Trinajstić information content (AvgIpc) is 3.77. The van der Waals surface area contributed by atoms with Crippen LogP contribution in [0.15, 0.2) is 56.8 Å². The molecule has 4 aromatic rings. The van der Waals surface area contributed by atoms with Crippen LogP contribution in [0.3, 0.4) is 0 Å². The highest BCUT2D eigenvalue weighted by atomic mass is 19.1. The Morgan fingerprint density at radius 1 is 1.07 bits per heavy atom. The highest BCUT2D eigenvalue weighted by Gasteiger charge is 2.26. The Morgan fingerprint density at radius 2 is 1.80 bits per heavy atom. The Hall–Kier alpha value is -5.00. The number of aryl methyl sites for hydroxylation is 2. The molecule has 2 aromatic carbocycles. The third-order valence-corrected chi connectivity index (χ3v) is 7.16. The number of carboxylic acids is 1. The summed E-state index contributed by atoms with van der Waals surface area (Å²) < 4.78 is 17.7. The number of pyridine rings is 1. The third kappa shape index (κ3) is 5.04. The van der Waals surface area contributed by atoms with Crippen LogP contribution in [-0.2, 0) is 24.8 Å². The van der Waals surface area contributed by atoms with Crippen LogP contribution in [0.2, 0.25) is 0 Å². The molecule has 1 fully saturated rings. The number of carboxylic acid groups (broad SMARTS) is 1. The maximum atomic E-state index is 15.0. The fraction of sp³-hybridized carbons (Fsp3) is 0.276. The van der Waals surface area contributed by atoms with Crippen molar-refractivity contribution >= 4 is 34.3 Å². The number of aliphatic carboxylic acids is 1. The molecular formula is C29H28FN5O6. The van der Waals surface area contributed by atoms with Crippen molar-refractivity contribution in [1.29, 1.82) is 0 Å². The van der Waals surface area contributed by atoms with Gasteiger partial charge in [-0.3, -0.25) is 28.3 Å². The highest BCUT2D eigenvalue weighted by molar-refractivity contribution is 5.96. The Morgan fingerprint density at radius 3 is 2.44 bits per heavy atom. The molecule has 1 aliphatic rings. The van der Waals surface area contributed by atoms with E-state index < -0.39 is 35.1 Å². The molecule has 1 amide bonds. The lowest BCUT2D eigenvalue weighted by Gasteiger charge is -2.20. The lowest BCUT2D eigenvalue weighted by Crippen LogP contribution is -2.43. The van der Waals surface area contributed by atoms with Crippen LogP contribution >= 0.6 is 0 Å². The summed E-state index contributed by atoms with van der Waals surface area (Å²) in [6.07, 6.45) is 2.33. The first-order valence-electron chi connectivity index (χ1n) is 13.1. The molecular weight excluding hydrogens is 533 g/mol. The number of hydrogen-bond acceptors (Lipinski definition) is 6. The van der Waals surface area contributed by atoms with Crippen LogP contribution in [0.1, 0.15) is 41.3 Å².